The van der Waals surface area contributed by atoms with Gasteiger partial charge in [0.25, 0.3) is 0 Å². The molecule has 0 spiro atoms. The van der Waals surface area contributed by atoms with Crippen molar-refractivity contribution < 1.29 is 26.0 Å². The van der Waals surface area contributed by atoms with Crippen molar-refractivity contribution in [2.24, 2.45) is 0 Å². The van der Waals surface area contributed by atoms with Crippen molar-refractivity contribution in [1.29, 1.82) is 0 Å². The molecule has 1 aromatic rings. The molecule has 9 heteroatoms. The molecule has 19 heavy (non-hydrogen) atoms. The molecule has 0 amide bonds. The van der Waals surface area contributed by atoms with Crippen molar-refractivity contribution in [1.82, 2.24) is 10.0 Å². The molecule has 0 atom stereocenters. The zero-order chi connectivity index (χ0) is 14.7. The van der Waals surface area contributed by atoms with Gasteiger partial charge in [-0.3, -0.25) is 0 Å². The number of alkyl halides is 3. The fraction of sp³-hybridized carbons (Fsp3) is 0.400. The molecule has 0 aliphatic rings. The topological polar surface area (TPSA) is 58.2 Å². The number of nitrogens with one attached hydrogen (secondary N) is 2. The van der Waals surface area contributed by atoms with Crippen molar-refractivity contribution >= 4 is 10.0 Å². The molecule has 108 valence electrons. The lowest BCUT2D eigenvalue weighted by Gasteiger charge is -2.13. The summed E-state index contributed by atoms with van der Waals surface area (Å²) in [7, 11) is -2.78. The van der Waals surface area contributed by atoms with Gasteiger partial charge in [-0.05, 0) is 25.2 Å². The van der Waals surface area contributed by atoms with E-state index >= 15 is 0 Å². The molecule has 0 saturated heterocycles. The summed E-state index contributed by atoms with van der Waals surface area (Å²) >= 11 is 0. The van der Waals surface area contributed by atoms with Gasteiger partial charge in [0.2, 0.25) is 10.0 Å². The summed E-state index contributed by atoms with van der Waals surface area (Å²) in [6, 6.07) is 1.42. The average molecular weight is 300 g/mol. The van der Waals surface area contributed by atoms with Crippen molar-refractivity contribution in [2.45, 2.75) is 11.1 Å². The van der Waals surface area contributed by atoms with E-state index in [1.807, 2.05) is 4.72 Å². The van der Waals surface area contributed by atoms with Gasteiger partial charge in [0.15, 0.2) is 0 Å². The van der Waals surface area contributed by atoms with E-state index in [0.717, 1.165) is 0 Å². The summed E-state index contributed by atoms with van der Waals surface area (Å²) in [6.07, 6.45) is -4.95. The smallest absolute Gasteiger partial charge is 0.318 e. The Morgan fingerprint density at radius 3 is 2.37 bits per heavy atom. The Hall–Kier alpha value is -1.19. The number of hydrogen-bond acceptors (Lipinski definition) is 3. The lowest BCUT2D eigenvalue weighted by atomic mass is 10.2. The Balaban J connectivity index is 3.19. The Labute approximate surface area is 107 Å². The molecule has 0 aromatic heterocycles. The van der Waals surface area contributed by atoms with E-state index in [4.69, 9.17) is 0 Å². The zero-order valence-corrected chi connectivity index (χ0v) is 10.7. The van der Waals surface area contributed by atoms with Crippen LogP contribution in [0.3, 0.4) is 0 Å². The molecule has 0 bridgehead atoms. The van der Waals surface area contributed by atoms with Crippen molar-refractivity contribution in [2.75, 3.05) is 20.1 Å². The molecule has 0 fully saturated rings. The van der Waals surface area contributed by atoms with E-state index in [2.05, 4.69) is 5.32 Å². The van der Waals surface area contributed by atoms with Crippen molar-refractivity contribution in [3.8, 4) is 0 Å². The van der Waals surface area contributed by atoms with Crippen LogP contribution in [-0.4, -0.2) is 28.6 Å². The Morgan fingerprint density at radius 2 is 1.84 bits per heavy atom. The second-order valence-electron chi connectivity index (χ2n) is 3.64. The maximum atomic E-state index is 12.8. The van der Waals surface area contributed by atoms with E-state index < -0.39 is 32.5 Å². The van der Waals surface area contributed by atoms with Crippen LogP contribution in [0.1, 0.15) is 5.56 Å². The third kappa shape index (κ3) is 4.15. The fourth-order valence-electron chi connectivity index (χ4n) is 1.35. The van der Waals surface area contributed by atoms with Gasteiger partial charge in [0, 0.05) is 13.1 Å². The predicted molar refractivity (Wildman–Crippen MR) is 60.5 cm³/mol. The minimum absolute atomic E-state index is 0.0759. The lowest BCUT2D eigenvalue weighted by Crippen LogP contribution is -2.31. The summed E-state index contributed by atoms with van der Waals surface area (Å²) in [5.74, 6) is -1.15. The largest absolute Gasteiger partial charge is 0.417 e. The van der Waals surface area contributed by atoms with Gasteiger partial charge in [0.05, 0.1) is 10.5 Å². The monoisotopic (exact) mass is 300 g/mol. The van der Waals surface area contributed by atoms with Gasteiger partial charge in [-0.25, -0.2) is 17.5 Å². The van der Waals surface area contributed by atoms with E-state index in [0.29, 0.717) is 12.1 Å². The molecule has 4 nitrogen and oxygen atoms in total. The van der Waals surface area contributed by atoms with Gasteiger partial charge in [-0.1, -0.05) is 0 Å². The fourth-order valence-corrected chi connectivity index (χ4v) is 2.58. The van der Waals surface area contributed by atoms with E-state index in [1.54, 1.807) is 7.05 Å². The van der Waals surface area contributed by atoms with Gasteiger partial charge < -0.3 is 5.32 Å². The molecule has 0 saturated carbocycles. The van der Waals surface area contributed by atoms with Crippen LogP contribution in [0.2, 0.25) is 0 Å². The summed E-state index contributed by atoms with van der Waals surface area (Å²) in [6.45, 7) is 0.176. The van der Waals surface area contributed by atoms with Crippen molar-refractivity contribution in [3.05, 3.63) is 29.6 Å². The molecule has 2 N–H and O–H groups in total. The molecule has 1 rings (SSSR count). The van der Waals surface area contributed by atoms with Crippen LogP contribution in [0.5, 0.6) is 0 Å². The Bertz CT molecular complexity index is 543. The third-order valence-corrected chi connectivity index (χ3v) is 3.72. The van der Waals surface area contributed by atoms with Gasteiger partial charge >= 0.3 is 6.18 Å². The minimum atomic E-state index is -4.95. The SMILES string of the molecule is CNCCNS(=O)(=O)c1ccc(F)cc1C(F)(F)F. The summed E-state index contributed by atoms with van der Waals surface area (Å²) in [5.41, 5.74) is -1.52. The normalized spacial score (nSPS) is 12.7. The molecule has 0 aliphatic heterocycles. The molecule has 0 radical (unpaired) electrons. The van der Waals surface area contributed by atoms with E-state index in [1.165, 1.54) is 0 Å². The van der Waals surface area contributed by atoms with E-state index in [-0.39, 0.29) is 19.2 Å². The number of halogens is 4. The van der Waals surface area contributed by atoms with Gasteiger partial charge in [-0.2, -0.15) is 13.2 Å². The number of likely N-dealkylation sites (N-methyl/N-ethyl adjacent to an activating group) is 1. The Morgan fingerprint density at radius 1 is 1.21 bits per heavy atom. The molecule has 0 aliphatic carbocycles. The molecule has 1 aromatic carbocycles. The summed E-state index contributed by atoms with van der Waals surface area (Å²) < 4.78 is 76.3. The van der Waals surface area contributed by atoms with Crippen LogP contribution in [0.15, 0.2) is 23.1 Å². The summed E-state index contributed by atoms with van der Waals surface area (Å²) in [4.78, 5) is -0.988. The quantitative estimate of drug-likeness (QED) is 0.637. The highest BCUT2D eigenvalue weighted by atomic mass is 32.2. The minimum Gasteiger partial charge on any atom is -0.318 e. The highest BCUT2D eigenvalue weighted by Crippen LogP contribution is 2.34. The first-order chi connectivity index (χ1) is 8.68. The van der Waals surface area contributed by atoms with Gasteiger partial charge in [0.1, 0.15) is 5.82 Å². The standard InChI is InChI=1S/C10H12F4N2O2S/c1-15-4-5-16-19(17,18)9-3-2-7(11)6-8(9)10(12,13)14/h2-3,6,15-16H,4-5H2,1H3. The number of rotatable bonds is 5. The first kappa shape index (κ1) is 15.9. The van der Waals surface area contributed by atoms with Crippen LogP contribution >= 0.6 is 0 Å². The first-order valence-corrected chi connectivity index (χ1v) is 6.68. The zero-order valence-electron chi connectivity index (χ0n) is 9.88. The maximum Gasteiger partial charge on any atom is 0.417 e. The summed E-state index contributed by atoms with van der Waals surface area (Å²) in [5, 5.41) is 2.64. The predicted octanol–water partition coefficient (Wildman–Crippen LogP) is 1.34. The second-order valence-corrected chi connectivity index (χ2v) is 5.37. The number of hydrogen-bond donors (Lipinski definition) is 2. The van der Waals surface area contributed by atoms with Crippen LogP contribution in [0.25, 0.3) is 0 Å². The lowest BCUT2D eigenvalue weighted by molar-refractivity contribution is -0.140. The molecular weight excluding hydrogens is 288 g/mol. The highest BCUT2D eigenvalue weighted by Gasteiger charge is 2.37. The van der Waals surface area contributed by atoms with Crippen LogP contribution in [0, 0.1) is 5.82 Å². The molecular formula is C10H12F4N2O2S. The number of sulfonamides is 1. The van der Waals surface area contributed by atoms with Crippen molar-refractivity contribution in [3.63, 3.8) is 0 Å². The molecule has 0 heterocycles. The first-order valence-electron chi connectivity index (χ1n) is 5.19. The average Bonchev–Trinajstić information content (AvgIpc) is 2.27. The van der Waals surface area contributed by atoms with Gasteiger partial charge in [-0.15, -0.1) is 0 Å². The van der Waals surface area contributed by atoms with E-state index in [9.17, 15) is 26.0 Å². The van der Waals surface area contributed by atoms with Crippen LogP contribution in [-0.2, 0) is 16.2 Å². The second kappa shape index (κ2) is 5.85. The highest BCUT2D eigenvalue weighted by molar-refractivity contribution is 7.89. The Kier molecular flexibility index (Phi) is 4.88. The maximum absolute atomic E-state index is 12.8. The third-order valence-electron chi connectivity index (χ3n) is 2.20. The number of benzene rings is 1. The molecule has 0 unspecified atom stereocenters. The van der Waals surface area contributed by atoms with Crippen LogP contribution in [0.4, 0.5) is 17.6 Å². The van der Waals surface area contributed by atoms with Crippen LogP contribution < -0.4 is 10.0 Å².